The third-order valence-electron chi connectivity index (χ3n) is 11.0. The maximum atomic E-state index is 14.6. The van der Waals surface area contributed by atoms with Crippen LogP contribution in [-0.4, -0.2) is 79.3 Å². The van der Waals surface area contributed by atoms with Crippen molar-refractivity contribution >= 4 is 11.9 Å². The van der Waals surface area contributed by atoms with Gasteiger partial charge in [-0.2, -0.15) is 0 Å². The molecule has 0 saturated carbocycles. The Hall–Kier alpha value is -5.20. The van der Waals surface area contributed by atoms with Crippen molar-refractivity contribution < 1.29 is 42.7 Å². The molecule has 7 rings (SSSR count). The molecule has 0 bridgehead atoms. The first-order chi connectivity index (χ1) is 28.9. The van der Waals surface area contributed by atoms with Crippen LogP contribution in [0.1, 0.15) is 41.2 Å². The molecular weight excluding hydrogens is 747 g/mol. The van der Waals surface area contributed by atoms with Gasteiger partial charge >= 0.3 is 11.9 Å². The van der Waals surface area contributed by atoms with E-state index in [0.29, 0.717) is 13.2 Å². The second kappa shape index (κ2) is 20.7. The first-order valence-electron chi connectivity index (χ1n) is 20.2. The van der Waals surface area contributed by atoms with Crippen molar-refractivity contribution in [2.75, 3.05) is 20.3 Å². The molecule has 3 unspecified atom stereocenters. The van der Waals surface area contributed by atoms with E-state index >= 15 is 0 Å². The lowest BCUT2D eigenvalue weighted by molar-refractivity contribution is -0.312. The van der Waals surface area contributed by atoms with Crippen LogP contribution in [0, 0.1) is 0 Å². The molecule has 0 N–H and O–H groups in total. The fourth-order valence-electron chi connectivity index (χ4n) is 8.29. The van der Waals surface area contributed by atoms with Gasteiger partial charge in [0.2, 0.25) is 0 Å². The molecule has 2 aliphatic rings. The Morgan fingerprint density at radius 3 is 1.56 bits per heavy atom. The zero-order valence-corrected chi connectivity index (χ0v) is 33.7. The number of ether oxygens (including phenoxy) is 7. The third-order valence-corrected chi connectivity index (χ3v) is 11.0. The van der Waals surface area contributed by atoms with Gasteiger partial charge in [-0.1, -0.05) is 152 Å². The molecule has 10 heteroatoms. The number of hydrogen-bond acceptors (Lipinski definition) is 10. The summed E-state index contributed by atoms with van der Waals surface area (Å²) in [6.45, 7) is 2.91. The van der Waals surface area contributed by atoms with Crippen LogP contribution in [-0.2, 0) is 75.7 Å². The second-order valence-corrected chi connectivity index (χ2v) is 15.1. The van der Waals surface area contributed by atoms with Crippen molar-refractivity contribution in [1.82, 2.24) is 4.90 Å². The average Bonchev–Trinajstić information content (AvgIpc) is 3.57. The third kappa shape index (κ3) is 10.7. The number of methoxy groups -OCH3 is 1. The SMILES string of the molecule is COC(=O)[C@H]1N(Cc2ccccc2)[C@@H](COC(C)=O)C[C@]12OC(COCc1ccccc1)[C@@H](OCc1ccccc1)C(OCc1ccccc1)C2OCc1ccccc1. The normalized spacial score (nSPS) is 24.2. The molecule has 2 heterocycles. The molecule has 2 fully saturated rings. The number of nitrogens with zero attached hydrogens (tertiary/aromatic N) is 1. The number of rotatable bonds is 18. The number of carbonyl (C=O) groups excluding carboxylic acids is 2. The topological polar surface area (TPSA) is 102 Å². The van der Waals surface area contributed by atoms with E-state index in [1.165, 1.54) is 14.0 Å². The highest BCUT2D eigenvalue weighted by molar-refractivity contribution is 5.78. The van der Waals surface area contributed by atoms with Crippen molar-refractivity contribution in [1.29, 1.82) is 0 Å². The molecule has 2 saturated heterocycles. The number of likely N-dealkylation sites (tertiary alicyclic amines) is 1. The Labute approximate surface area is 346 Å². The number of carbonyl (C=O) groups is 2. The van der Waals surface area contributed by atoms with E-state index in [0.717, 1.165) is 27.8 Å². The van der Waals surface area contributed by atoms with Gasteiger partial charge in [-0.25, -0.2) is 0 Å². The van der Waals surface area contributed by atoms with E-state index in [1.807, 2.05) is 157 Å². The van der Waals surface area contributed by atoms with Crippen LogP contribution in [0.5, 0.6) is 0 Å². The quantitative estimate of drug-likeness (QED) is 0.0830. The minimum Gasteiger partial charge on any atom is -0.468 e. The first-order valence-corrected chi connectivity index (χ1v) is 20.2. The van der Waals surface area contributed by atoms with Gasteiger partial charge in [0.1, 0.15) is 42.7 Å². The molecular formula is C49H53NO9. The maximum Gasteiger partial charge on any atom is 0.326 e. The van der Waals surface area contributed by atoms with Crippen LogP contribution in [0.4, 0.5) is 0 Å². The summed E-state index contributed by atoms with van der Waals surface area (Å²) in [5, 5.41) is 0. The van der Waals surface area contributed by atoms with Crippen molar-refractivity contribution in [3.63, 3.8) is 0 Å². The van der Waals surface area contributed by atoms with E-state index in [4.69, 9.17) is 33.2 Å². The molecule has 0 aromatic heterocycles. The molecule has 7 atom stereocenters. The molecule has 0 aliphatic carbocycles. The van der Waals surface area contributed by atoms with Crippen LogP contribution >= 0.6 is 0 Å². The van der Waals surface area contributed by atoms with Gasteiger partial charge in [-0.3, -0.25) is 14.5 Å². The molecule has 308 valence electrons. The Balaban J connectivity index is 1.35. The molecule has 59 heavy (non-hydrogen) atoms. The van der Waals surface area contributed by atoms with Crippen LogP contribution in [0.3, 0.4) is 0 Å². The molecule has 0 amide bonds. The van der Waals surface area contributed by atoms with Crippen LogP contribution < -0.4 is 0 Å². The van der Waals surface area contributed by atoms with Gasteiger partial charge < -0.3 is 33.2 Å². The fraction of sp³-hybridized carbons (Fsp3) is 0.347. The summed E-state index contributed by atoms with van der Waals surface area (Å²) < 4.78 is 46.4. The minimum atomic E-state index is -1.39. The maximum absolute atomic E-state index is 14.6. The highest BCUT2D eigenvalue weighted by Gasteiger charge is 2.68. The summed E-state index contributed by atoms with van der Waals surface area (Å²) in [6, 6.07) is 48.1. The predicted octanol–water partition coefficient (Wildman–Crippen LogP) is 7.48. The standard InChI is InChI=1S/C49H53NO9/c1-36(51)55-34-42-28-49(46(48(52)53-2)50(42)29-37-18-8-3-9-19-37)47(58-33-41-26-16-7-17-27-41)45(57-32-40-24-14-6-15-25-40)44(56-31-39-22-12-5-13-23-39)43(59-49)35-54-30-38-20-10-4-11-21-38/h3-27,42-47H,28-35H2,1-2H3/t42-,43?,44-,45?,46-,47?,49+/m1/s1. The monoisotopic (exact) mass is 799 g/mol. The van der Waals surface area contributed by atoms with Crippen molar-refractivity contribution in [2.24, 2.45) is 0 Å². The summed E-state index contributed by atoms with van der Waals surface area (Å²) in [5.74, 6) is -0.929. The van der Waals surface area contributed by atoms with Crippen molar-refractivity contribution in [3.05, 3.63) is 179 Å². The molecule has 10 nitrogen and oxygen atoms in total. The number of hydrogen-bond donors (Lipinski definition) is 0. The van der Waals surface area contributed by atoms with Gasteiger partial charge in [0.15, 0.2) is 0 Å². The van der Waals surface area contributed by atoms with Crippen molar-refractivity contribution in [3.8, 4) is 0 Å². The summed E-state index contributed by atoms with van der Waals surface area (Å²) in [6.07, 6.45) is -2.87. The Bertz CT molecular complexity index is 2020. The summed E-state index contributed by atoms with van der Waals surface area (Å²) in [5.41, 5.74) is 3.45. The van der Waals surface area contributed by atoms with Crippen LogP contribution in [0.2, 0.25) is 0 Å². The van der Waals surface area contributed by atoms with Gasteiger partial charge in [0.05, 0.1) is 40.1 Å². The van der Waals surface area contributed by atoms with E-state index in [2.05, 4.69) is 0 Å². The van der Waals surface area contributed by atoms with Gasteiger partial charge in [-0.15, -0.1) is 0 Å². The van der Waals surface area contributed by atoms with E-state index < -0.39 is 54.0 Å². The lowest BCUT2D eigenvalue weighted by Crippen LogP contribution is -2.71. The van der Waals surface area contributed by atoms with Crippen molar-refractivity contribution in [2.45, 2.75) is 88.4 Å². The van der Waals surface area contributed by atoms with Gasteiger partial charge in [0, 0.05) is 25.9 Å². The smallest absolute Gasteiger partial charge is 0.326 e. The lowest BCUT2D eigenvalue weighted by Gasteiger charge is -2.53. The second-order valence-electron chi connectivity index (χ2n) is 15.1. The Morgan fingerprint density at radius 1 is 0.610 bits per heavy atom. The molecule has 2 aliphatic heterocycles. The Kier molecular flexibility index (Phi) is 14.7. The minimum absolute atomic E-state index is 0.0187. The van der Waals surface area contributed by atoms with E-state index in [9.17, 15) is 9.59 Å². The first kappa shape index (κ1) is 41.9. The van der Waals surface area contributed by atoms with E-state index in [-0.39, 0.29) is 39.5 Å². The number of esters is 2. The van der Waals surface area contributed by atoms with Gasteiger partial charge in [0.25, 0.3) is 0 Å². The Morgan fingerprint density at radius 2 is 1.07 bits per heavy atom. The lowest BCUT2D eigenvalue weighted by atomic mass is 9.78. The predicted molar refractivity (Wildman–Crippen MR) is 222 cm³/mol. The fourth-order valence-corrected chi connectivity index (χ4v) is 8.29. The highest BCUT2D eigenvalue weighted by atomic mass is 16.6. The van der Waals surface area contributed by atoms with Crippen LogP contribution in [0.25, 0.3) is 0 Å². The molecule has 1 spiro atoms. The average molecular weight is 800 g/mol. The summed E-state index contributed by atoms with van der Waals surface area (Å²) in [7, 11) is 1.38. The zero-order chi connectivity index (χ0) is 40.9. The zero-order valence-electron chi connectivity index (χ0n) is 33.7. The highest BCUT2D eigenvalue weighted by Crippen LogP contribution is 2.49. The van der Waals surface area contributed by atoms with Crippen LogP contribution in [0.15, 0.2) is 152 Å². The molecule has 5 aromatic carbocycles. The molecule has 5 aromatic rings. The summed E-state index contributed by atoms with van der Waals surface area (Å²) >= 11 is 0. The summed E-state index contributed by atoms with van der Waals surface area (Å²) in [4.78, 5) is 29.0. The largest absolute Gasteiger partial charge is 0.468 e. The van der Waals surface area contributed by atoms with E-state index in [1.54, 1.807) is 0 Å². The van der Waals surface area contributed by atoms with Gasteiger partial charge in [-0.05, 0) is 27.8 Å². The number of benzene rings is 5. The molecule has 0 radical (unpaired) electrons.